The highest BCUT2D eigenvalue weighted by Gasteiger charge is 2.37. The molecule has 1 aliphatic rings. The van der Waals surface area contributed by atoms with Gasteiger partial charge in [0.15, 0.2) is 0 Å². The summed E-state index contributed by atoms with van der Waals surface area (Å²) < 4.78 is 2.21. The van der Waals surface area contributed by atoms with Crippen LogP contribution >= 0.6 is 0 Å². The Hall–Kier alpha value is -4.18. The fraction of sp³-hybridized carbons (Fsp3) is 0.278. The molecule has 0 radical (unpaired) electrons. The SMILES string of the molecule is Cc1nc2ccc(C(=O)NC3(c4cccc(C(C)C)c4)CCCC3)cc2n1Cc1ccc(-c2ccccc2)cc1. The molecule has 0 spiro atoms. The fourth-order valence-corrected chi connectivity index (χ4v) is 6.15. The van der Waals surface area contributed by atoms with E-state index in [2.05, 4.69) is 96.5 Å². The molecule has 4 nitrogen and oxygen atoms in total. The number of carbonyl (C=O) groups is 1. The van der Waals surface area contributed by atoms with Gasteiger partial charge in [-0.2, -0.15) is 0 Å². The third-order valence-electron chi connectivity index (χ3n) is 8.52. The number of benzene rings is 4. The number of carbonyl (C=O) groups excluding carboxylic acids is 1. The first-order chi connectivity index (χ1) is 19.4. The molecule has 0 saturated heterocycles. The summed E-state index contributed by atoms with van der Waals surface area (Å²) >= 11 is 0. The first-order valence-corrected chi connectivity index (χ1v) is 14.5. The van der Waals surface area contributed by atoms with Crippen molar-refractivity contribution in [2.75, 3.05) is 0 Å². The van der Waals surface area contributed by atoms with Crippen molar-refractivity contribution >= 4 is 16.9 Å². The number of hydrogen-bond acceptors (Lipinski definition) is 2. The van der Waals surface area contributed by atoms with Gasteiger partial charge in [-0.3, -0.25) is 4.79 Å². The Morgan fingerprint density at radius 3 is 2.33 bits per heavy atom. The van der Waals surface area contributed by atoms with Gasteiger partial charge in [-0.15, -0.1) is 0 Å². The summed E-state index contributed by atoms with van der Waals surface area (Å²) in [6.07, 6.45) is 4.19. The Kier molecular flexibility index (Phi) is 7.02. The molecule has 1 aromatic heterocycles. The van der Waals surface area contributed by atoms with Crippen molar-refractivity contribution < 1.29 is 4.79 Å². The summed E-state index contributed by atoms with van der Waals surface area (Å²) in [5.74, 6) is 1.38. The highest BCUT2D eigenvalue weighted by molar-refractivity contribution is 5.98. The van der Waals surface area contributed by atoms with Crippen molar-refractivity contribution in [3.05, 3.63) is 125 Å². The molecule has 1 aliphatic carbocycles. The van der Waals surface area contributed by atoms with Crippen LogP contribution < -0.4 is 5.32 Å². The van der Waals surface area contributed by atoms with E-state index in [9.17, 15) is 4.79 Å². The standard InChI is InChI=1S/C36H37N3O/c1-25(2)30-12-9-13-32(22-30)36(20-7-8-21-36)38-35(40)31-18-19-33-34(23-31)39(26(3)37-33)24-27-14-16-29(17-15-27)28-10-5-4-6-11-28/h4-6,9-19,22-23,25H,7-8,20-21,24H2,1-3H3,(H,38,40). The molecule has 6 rings (SSSR count). The number of aromatic nitrogens is 2. The molecule has 40 heavy (non-hydrogen) atoms. The van der Waals surface area contributed by atoms with Crippen LogP contribution in [0.4, 0.5) is 0 Å². The van der Waals surface area contributed by atoms with E-state index in [0.717, 1.165) is 42.5 Å². The molecule has 1 amide bonds. The molecular weight excluding hydrogens is 490 g/mol. The largest absolute Gasteiger partial charge is 0.343 e. The van der Waals surface area contributed by atoms with Crippen LogP contribution in [0.25, 0.3) is 22.2 Å². The number of nitrogens with one attached hydrogen (secondary N) is 1. The van der Waals surface area contributed by atoms with E-state index in [1.807, 2.05) is 31.2 Å². The monoisotopic (exact) mass is 527 g/mol. The van der Waals surface area contributed by atoms with Gasteiger partial charge in [0, 0.05) is 12.1 Å². The van der Waals surface area contributed by atoms with Crippen LogP contribution in [-0.4, -0.2) is 15.5 Å². The predicted octanol–water partition coefficient (Wildman–Crippen LogP) is 8.38. The molecule has 0 bridgehead atoms. The zero-order valence-corrected chi connectivity index (χ0v) is 23.7. The van der Waals surface area contributed by atoms with E-state index in [-0.39, 0.29) is 11.4 Å². The summed E-state index contributed by atoms with van der Waals surface area (Å²) in [6, 6.07) is 33.8. The lowest BCUT2D eigenvalue weighted by atomic mass is 9.85. The van der Waals surface area contributed by atoms with E-state index in [4.69, 9.17) is 4.98 Å². The van der Waals surface area contributed by atoms with Gasteiger partial charge >= 0.3 is 0 Å². The molecule has 1 saturated carbocycles. The lowest BCUT2D eigenvalue weighted by Crippen LogP contribution is -2.43. The average molecular weight is 528 g/mol. The Morgan fingerprint density at radius 2 is 1.60 bits per heavy atom. The molecule has 1 heterocycles. The van der Waals surface area contributed by atoms with Gasteiger partial charge in [0.1, 0.15) is 5.82 Å². The third kappa shape index (κ3) is 5.06. The quantitative estimate of drug-likeness (QED) is 0.231. The number of amides is 1. The Morgan fingerprint density at radius 1 is 0.875 bits per heavy atom. The maximum atomic E-state index is 13.7. The van der Waals surface area contributed by atoms with Gasteiger partial charge in [0.25, 0.3) is 5.91 Å². The number of rotatable bonds is 7. The number of imidazole rings is 1. The van der Waals surface area contributed by atoms with Gasteiger partial charge in [-0.1, -0.05) is 106 Å². The van der Waals surface area contributed by atoms with Gasteiger partial charge in [0.05, 0.1) is 16.6 Å². The maximum Gasteiger partial charge on any atom is 0.252 e. The first-order valence-electron chi connectivity index (χ1n) is 14.5. The molecule has 4 aromatic carbocycles. The molecule has 5 aromatic rings. The van der Waals surface area contributed by atoms with E-state index < -0.39 is 0 Å². The first kappa shape index (κ1) is 26.1. The second-order valence-electron chi connectivity index (χ2n) is 11.5. The van der Waals surface area contributed by atoms with Crippen LogP contribution in [-0.2, 0) is 12.1 Å². The van der Waals surface area contributed by atoms with E-state index >= 15 is 0 Å². The molecule has 0 atom stereocenters. The Balaban J connectivity index is 1.27. The normalized spacial score (nSPS) is 14.6. The van der Waals surface area contributed by atoms with Crippen molar-refractivity contribution in [3.63, 3.8) is 0 Å². The van der Waals surface area contributed by atoms with Gasteiger partial charge in [-0.25, -0.2) is 4.98 Å². The molecule has 202 valence electrons. The lowest BCUT2D eigenvalue weighted by molar-refractivity contribution is 0.0898. The summed E-state index contributed by atoms with van der Waals surface area (Å²) in [6.45, 7) is 7.18. The van der Waals surface area contributed by atoms with E-state index in [0.29, 0.717) is 18.0 Å². The van der Waals surface area contributed by atoms with E-state index in [1.54, 1.807) is 0 Å². The topological polar surface area (TPSA) is 46.9 Å². The summed E-state index contributed by atoms with van der Waals surface area (Å²) in [5.41, 5.74) is 8.43. The van der Waals surface area contributed by atoms with Gasteiger partial charge in [-0.05, 0) is 71.7 Å². The lowest BCUT2D eigenvalue weighted by Gasteiger charge is -2.32. The van der Waals surface area contributed by atoms with Crippen molar-refractivity contribution in [2.45, 2.75) is 64.5 Å². The minimum Gasteiger partial charge on any atom is -0.343 e. The molecular formula is C36H37N3O. The third-order valence-corrected chi connectivity index (χ3v) is 8.52. The van der Waals surface area contributed by atoms with Crippen LogP contribution in [0.2, 0.25) is 0 Å². The predicted molar refractivity (Wildman–Crippen MR) is 164 cm³/mol. The average Bonchev–Trinajstić information content (AvgIpc) is 3.58. The smallest absolute Gasteiger partial charge is 0.252 e. The highest BCUT2D eigenvalue weighted by atomic mass is 16.1. The zero-order chi connectivity index (χ0) is 27.7. The molecule has 1 fully saturated rings. The Labute approximate surface area is 237 Å². The highest BCUT2D eigenvalue weighted by Crippen LogP contribution is 2.40. The van der Waals surface area contributed by atoms with Crippen molar-refractivity contribution in [1.29, 1.82) is 0 Å². The Bertz CT molecular complexity index is 1640. The van der Waals surface area contributed by atoms with Crippen LogP contribution in [0, 0.1) is 6.92 Å². The second kappa shape index (κ2) is 10.8. The summed E-state index contributed by atoms with van der Waals surface area (Å²) in [7, 11) is 0. The number of nitrogens with zero attached hydrogens (tertiary/aromatic N) is 2. The second-order valence-corrected chi connectivity index (χ2v) is 11.5. The number of fused-ring (bicyclic) bond motifs is 1. The van der Waals surface area contributed by atoms with Gasteiger partial charge in [0.2, 0.25) is 0 Å². The minimum absolute atomic E-state index is 0.0173. The van der Waals surface area contributed by atoms with Crippen molar-refractivity contribution in [2.24, 2.45) is 0 Å². The van der Waals surface area contributed by atoms with E-state index in [1.165, 1.54) is 27.8 Å². The van der Waals surface area contributed by atoms with Gasteiger partial charge < -0.3 is 9.88 Å². The molecule has 0 aliphatic heterocycles. The fourth-order valence-electron chi connectivity index (χ4n) is 6.15. The van der Waals surface area contributed by atoms with Crippen molar-refractivity contribution in [1.82, 2.24) is 14.9 Å². The summed E-state index contributed by atoms with van der Waals surface area (Å²) in [4.78, 5) is 18.5. The summed E-state index contributed by atoms with van der Waals surface area (Å²) in [5, 5.41) is 3.48. The zero-order valence-electron chi connectivity index (χ0n) is 23.7. The van der Waals surface area contributed by atoms with Crippen molar-refractivity contribution in [3.8, 4) is 11.1 Å². The minimum atomic E-state index is -0.312. The molecule has 0 unspecified atom stereocenters. The number of aryl methyl sites for hydroxylation is 1. The van der Waals surface area contributed by atoms with Crippen LogP contribution in [0.3, 0.4) is 0 Å². The van der Waals surface area contributed by atoms with Crippen LogP contribution in [0.15, 0.2) is 97.1 Å². The maximum absolute atomic E-state index is 13.7. The molecule has 4 heteroatoms. The van der Waals surface area contributed by atoms with Crippen LogP contribution in [0.5, 0.6) is 0 Å². The number of hydrogen-bond donors (Lipinski definition) is 1. The molecule has 1 N–H and O–H groups in total. The van der Waals surface area contributed by atoms with Crippen LogP contribution in [0.1, 0.15) is 78.3 Å².